The van der Waals surface area contributed by atoms with Crippen LogP contribution in [0.25, 0.3) is 86.4 Å². The average Bonchev–Trinajstić information content (AvgIpc) is 3.97. The molecule has 0 saturated heterocycles. The highest BCUT2D eigenvalue weighted by atomic mass is 32.1. The van der Waals surface area contributed by atoms with Gasteiger partial charge in [-0.2, -0.15) is 0 Å². The number of hydrogen-bond donors (Lipinski definition) is 0. The van der Waals surface area contributed by atoms with E-state index in [0.717, 1.165) is 22.5 Å². The highest BCUT2D eigenvalue weighted by molar-refractivity contribution is 7.26. The molecule has 3 atom stereocenters. The Balaban J connectivity index is 1.03. The van der Waals surface area contributed by atoms with E-state index < -0.39 is 0 Å². The van der Waals surface area contributed by atoms with Gasteiger partial charge in [0.15, 0.2) is 0 Å². The number of thiophene rings is 1. The van der Waals surface area contributed by atoms with Gasteiger partial charge in [-0.05, 0) is 144 Å². The molecule has 1 aliphatic heterocycles. The SMILES string of the molecule is CC1=C(c2cccc(-c3ccccc3)c2)N=C(c2cccc3c2[C@H](C)c2ccccc2-3)[C@H](c2cccc(C)c2)C=C1c1ccc(C(C)c2c(-c3cc4ccccc4cc3C)ccc3ccccc23)c2sc3ccccc3c12. The minimum absolute atomic E-state index is 0.0592. The van der Waals surface area contributed by atoms with Gasteiger partial charge in [0.2, 0.25) is 0 Å². The first-order valence-electron chi connectivity index (χ1n) is 27.2. The fourth-order valence-corrected chi connectivity index (χ4v) is 14.5. The minimum atomic E-state index is -0.168. The van der Waals surface area contributed by atoms with E-state index in [2.05, 4.69) is 271 Å². The summed E-state index contributed by atoms with van der Waals surface area (Å²) in [6.45, 7) is 11.6. The zero-order valence-electron chi connectivity index (χ0n) is 44.1. The molecule has 368 valence electrons. The summed E-state index contributed by atoms with van der Waals surface area (Å²) in [5, 5.41) is 7.67. The van der Waals surface area contributed by atoms with Gasteiger partial charge in [-0.15, -0.1) is 11.3 Å². The topological polar surface area (TPSA) is 12.4 Å². The van der Waals surface area contributed by atoms with E-state index in [1.165, 1.54) is 131 Å². The third kappa shape index (κ3) is 7.84. The van der Waals surface area contributed by atoms with Gasteiger partial charge in [0, 0.05) is 49.1 Å². The number of nitrogens with zero attached hydrogens (tertiary/aromatic N) is 1. The standard InChI is InChI=1S/C75H57NS/c1-45-20-17-27-55(40-45)68-44-67(49(5)73(56-28-18-26-53(42-56)50-21-7-6-8-22-50)76-74(68)65-34-19-33-61-60-31-14-13-29-57(60)47(3)71(61)65)63-39-38-58(75-72(63)64-32-15-16-35-69(64)77-75)48(4)70-59-30-12-11-23-51(59)36-37-62(70)66-43-54-25-10-9-24-52(54)41-46(66)2/h6-44,47-48,68H,1-5H3/t47-,48?,68+/m1/s1. The molecule has 0 saturated carbocycles. The van der Waals surface area contributed by atoms with Crippen LogP contribution < -0.4 is 0 Å². The first kappa shape index (κ1) is 46.8. The summed E-state index contributed by atoms with van der Waals surface area (Å²) in [6, 6.07) is 86.1. The van der Waals surface area contributed by atoms with E-state index in [4.69, 9.17) is 4.99 Å². The van der Waals surface area contributed by atoms with Crippen LogP contribution >= 0.6 is 11.3 Å². The summed E-state index contributed by atoms with van der Waals surface area (Å²) < 4.78 is 2.62. The van der Waals surface area contributed by atoms with E-state index in [-0.39, 0.29) is 17.8 Å². The van der Waals surface area contributed by atoms with Crippen LogP contribution in [0.3, 0.4) is 0 Å². The van der Waals surface area contributed by atoms with Gasteiger partial charge in [-0.1, -0.05) is 238 Å². The second-order valence-corrected chi connectivity index (χ2v) is 22.5. The van der Waals surface area contributed by atoms with Gasteiger partial charge in [0.05, 0.1) is 11.4 Å². The van der Waals surface area contributed by atoms with Gasteiger partial charge in [0.25, 0.3) is 0 Å². The Morgan fingerprint density at radius 3 is 1.99 bits per heavy atom. The molecule has 1 nitrogen and oxygen atoms in total. The summed E-state index contributed by atoms with van der Waals surface area (Å²) in [4.78, 5) is 6.13. The number of aliphatic imine (C=N–C) groups is 1. The van der Waals surface area contributed by atoms with Crippen molar-refractivity contribution >= 4 is 70.0 Å². The molecule has 2 aliphatic rings. The Morgan fingerprint density at radius 1 is 0.481 bits per heavy atom. The molecule has 0 radical (unpaired) electrons. The molecule has 11 aromatic carbocycles. The quantitative estimate of drug-likeness (QED) is 0.144. The predicted molar refractivity (Wildman–Crippen MR) is 331 cm³/mol. The van der Waals surface area contributed by atoms with Crippen molar-refractivity contribution in [3.8, 4) is 33.4 Å². The van der Waals surface area contributed by atoms with Crippen LogP contribution in [0, 0.1) is 13.8 Å². The first-order chi connectivity index (χ1) is 37.8. The van der Waals surface area contributed by atoms with Crippen molar-refractivity contribution in [3.05, 3.63) is 298 Å². The maximum Gasteiger partial charge on any atom is 0.0741 e. The van der Waals surface area contributed by atoms with Crippen LogP contribution in [0.1, 0.15) is 94.2 Å². The molecular formula is C75H57NS. The van der Waals surface area contributed by atoms with Gasteiger partial charge in [-0.3, -0.25) is 4.99 Å². The second-order valence-electron chi connectivity index (χ2n) is 21.5. The van der Waals surface area contributed by atoms with Crippen molar-refractivity contribution in [2.75, 3.05) is 0 Å². The third-order valence-corrected chi connectivity index (χ3v) is 18.1. The zero-order chi connectivity index (χ0) is 51.9. The molecule has 77 heavy (non-hydrogen) atoms. The van der Waals surface area contributed by atoms with Crippen LogP contribution in [0.2, 0.25) is 0 Å². The highest BCUT2D eigenvalue weighted by Gasteiger charge is 2.34. The summed E-state index contributed by atoms with van der Waals surface area (Å²) in [6.07, 6.45) is 2.58. The molecule has 0 spiro atoms. The Bertz CT molecular complexity index is 4460. The summed E-state index contributed by atoms with van der Waals surface area (Å²) >= 11 is 1.94. The molecule has 0 bridgehead atoms. The molecule has 12 aromatic rings. The molecule has 0 fully saturated rings. The molecule has 2 heteroatoms. The summed E-state index contributed by atoms with van der Waals surface area (Å²) in [5.41, 5.74) is 24.7. The molecular weight excluding hydrogens is 947 g/mol. The van der Waals surface area contributed by atoms with E-state index >= 15 is 0 Å². The molecule has 2 heterocycles. The number of hydrogen-bond acceptors (Lipinski definition) is 2. The Labute approximate surface area is 455 Å². The van der Waals surface area contributed by atoms with E-state index in [9.17, 15) is 0 Å². The number of aryl methyl sites for hydroxylation is 2. The highest BCUT2D eigenvalue weighted by Crippen LogP contribution is 2.52. The van der Waals surface area contributed by atoms with Crippen molar-refractivity contribution in [2.24, 2.45) is 4.99 Å². The average molecular weight is 1000 g/mol. The molecule has 0 N–H and O–H groups in total. The van der Waals surface area contributed by atoms with Crippen molar-refractivity contribution in [3.63, 3.8) is 0 Å². The van der Waals surface area contributed by atoms with Crippen LogP contribution in [-0.4, -0.2) is 5.71 Å². The van der Waals surface area contributed by atoms with Gasteiger partial charge in [-0.25, -0.2) is 0 Å². The molecule has 1 unspecified atom stereocenters. The third-order valence-electron chi connectivity index (χ3n) is 16.9. The van der Waals surface area contributed by atoms with Crippen LogP contribution in [0.4, 0.5) is 0 Å². The maximum absolute atomic E-state index is 6.13. The minimum Gasteiger partial charge on any atom is -0.251 e. The van der Waals surface area contributed by atoms with E-state index in [1.807, 2.05) is 11.3 Å². The lowest BCUT2D eigenvalue weighted by atomic mass is 9.80. The normalized spacial score (nSPS) is 15.6. The maximum atomic E-state index is 6.13. The Kier molecular flexibility index (Phi) is 11.5. The van der Waals surface area contributed by atoms with Gasteiger partial charge in [0.1, 0.15) is 0 Å². The monoisotopic (exact) mass is 1000 g/mol. The van der Waals surface area contributed by atoms with Gasteiger partial charge < -0.3 is 0 Å². The lowest BCUT2D eigenvalue weighted by Crippen LogP contribution is -2.15. The van der Waals surface area contributed by atoms with Gasteiger partial charge >= 0.3 is 0 Å². The van der Waals surface area contributed by atoms with Crippen molar-refractivity contribution in [1.29, 1.82) is 0 Å². The number of allylic oxidation sites excluding steroid dienone is 3. The summed E-state index contributed by atoms with van der Waals surface area (Å²) in [7, 11) is 0. The van der Waals surface area contributed by atoms with Crippen LogP contribution in [0.15, 0.2) is 247 Å². The lowest BCUT2D eigenvalue weighted by Gasteiger charge is -2.23. The van der Waals surface area contributed by atoms with E-state index in [1.54, 1.807) is 0 Å². The van der Waals surface area contributed by atoms with Crippen molar-refractivity contribution in [1.82, 2.24) is 0 Å². The smallest absolute Gasteiger partial charge is 0.0741 e. The summed E-state index contributed by atoms with van der Waals surface area (Å²) in [5.74, 6) is 0.0987. The number of rotatable bonds is 8. The number of benzene rings is 11. The largest absolute Gasteiger partial charge is 0.251 e. The molecule has 1 aromatic heterocycles. The molecule has 14 rings (SSSR count). The van der Waals surface area contributed by atoms with Crippen LogP contribution in [0.5, 0.6) is 0 Å². The molecule has 0 amide bonds. The number of fused-ring (bicyclic) bond motifs is 8. The fourth-order valence-electron chi connectivity index (χ4n) is 13.1. The zero-order valence-corrected chi connectivity index (χ0v) is 44.9. The van der Waals surface area contributed by atoms with E-state index in [0.29, 0.717) is 0 Å². The Morgan fingerprint density at radius 2 is 1.14 bits per heavy atom. The molecule has 1 aliphatic carbocycles. The first-order valence-corrected chi connectivity index (χ1v) is 28.0. The second kappa shape index (κ2) is 18.8. The lowest BCUT2D eigenvalue weighted by molar-refractivity contribution is 0.948. The van der Waals surface area contributed by atoms with Crippen molar-refractivity contribution in [2.45, 2.75) is 52.4 Å². The van der Waals surface area contributed by atoms with Crippen molar-refractivity contribution < 1.29 is 0 Å². The fraction of sp³-hybridized carbons (Fsp3) is 0.107. The predicted octanol–water partition coefficient (Wildman–Crippen LogP) is 20.7. The Hall–Kier alpha value is -8.69. The van der Waals surface area contributed by atoms with Crippen LogP contribution in [-0.2, 0) is 0 Å².